The molecule has 0 saturated carbocycles. The number of hydrogen-bond donors (Lipinski definition) is 0. The van der Waals surface area contributed by atoms with Crippen LogP contribution in [0.25, 0.3) is 0 Å². The van der Waals surface area contributed by atoms with Gasteiger partial charge in [0.25, 0.3) is 0 Å². The zero-order valence-electron chi connectivity index (χ0n) is 9.15. The Hall–Kier alpha value is -1.21. The normalized spacial score (nSPS) is 10.2. The molecule has 0 spiro atoms. The molecule has 18 heavy (non-hydrogen) atoms. The van der Waals surface area contributed by atoms with E-state index in [2.05, 4.69) is 41.8 Å². The minimum atomic E-state index is -0.505. The molecular formula is C11H7Br2FN2O2. The maximum Gasteiger partial charge on any atom is 0.325 e. The van der Waals surface area contributed by atoms with E-state index in [9.17, 15) is 4.39 Å². The topological polar surface area (TPSA) is 44.2 Å². The van der Waals surface area contributed by atoms with Crippen LogP contribution in [-0.4, -0.2) is 17.1 Å². The van der Waals surface area contributed by atoms with Crippen LogP contribution >= 0.6 is 31.9 Å². The number of ether oxygens (including phenoxy) is 2. The number of methoxy groups -OCH3 is 1. The molecule has 0 aliphatic carbocycles. The Morgan fingerprint density at radius 3 is 2.72 bits per heavy atom. The number of hydrogen-bond acceptors (Lipinski definition) is 4. The Kier molecular flexibility index (Phi) is 4.13. The van der Waals surface area contributed by atoms with Crippen LogP contribution in [0.3, 0.4) is 0 Å². The average molecular weight is 378 g/mol. The van der Waals surface area contributed by atoms with Gasteiger partial charge in [-0.2, -0.15) is 4.98 Å². The SMILES string of the molecule is COc1nc(Oc2ccc(Br)cc2F)ncc1Br. The molecular weight excluding hydrogens is 371 g/mol. The van der Waals surface area contributed by atoms with Gasteiger partial charge in [-0.1, -0.05) is 15.9 Å². The number of halogens is 3. The van der Waals surface area contributed by atoms with Crippen molar-refractivity contribution in [2.24, 2.45) is 0 Å². The molecule has 1 aromatic carbocycles. The van der Waals surface area contributed by atoms with Crippen molar-refractivity contribution < 1.29 is 13.9 Å². The van der Waals surface area contributed by atoms with E-state index < -0.39 is 5.82 Å². The van der Waals surface area contributed by atoms with E-state index in [0.717, 1.165) is 0 Å². The minimum Gasteiger partial charge on any atom is -0.480 e. The minimum absolute atomic E-state index is 0.0104. The maximum atomic E-state index is 13.5. The monoisotopic (exact) mass is 376 g/mol. The summed E-state index contributed by atoms with van der Waals surface area (Å²) in [6.07, 6.45) is 1.47. The van der Waals surface area contributed by atoms with Crippen LogP contribution in [0.5, 0.6) is 17.6 Å². The van der Waals surface area contributed by atoms with Crippen molar-refractivity contribution >= 4 is 31.9 Å². The van der Waals surface area contributed by atoms with Gasteiger partial charge in [0.2, 0.25) is 5.88 Å². The lowest BCUT2D eigenvalue weighted by atomic mass is 10.3. The lowest BCUT2D eigenvalue weighted by molar-refractivity contribution is 0.366. The van der Waals surface area contributed by atoms with E-state index >= 15 is 0 Å². The number of aromatic nitrogens is 2. The van der Waals surface area contributed by atoms with Gasteiger partial charge < -0.3 is 9.47 Å². The van der Waals surface area contributed by atoms with Crippen molar-refractivity contribution in [3.8, 4) is 17.6 Å². The summed E-state index contributed by atoms with van der Waals surface area (Å²) in [4.78, 5) is 7.88. The first-order chi connectivity index (χ1) is 8.60. The van der Waals surface area contributed by atoms with Gasteiger partial charge in [-0.25, -0.2) is 9.37 Å². The molecule has 2 rings (SSSR count). The summed E-state index contributed by atoms with van der Waals surface area (Å²) in [5, 5.41) is 0. The molecule has 1 aromatic heterocycles. The van der Waals surface area contributed by atoms with Crippen LogP contribution in [0.4, 0.5) is 4.39 Å². The molecule has 0 fully saturated rings. The summed E-state index contributed by atoms with van der Waals surface area (Å²) in [5.74, 6) is -0.144. The molecule has 0 unspecified atom stereocenters. The van der Waals surface area contributed by atoms with Crippen molar-refractivity contribution in [2.45, 2.75) is 0 Å². The summed E-state index contributed by atoms with van der Waals surface area (Å²) >= 11 is 6.38. The largest absolute Gasteiger partial charge is 0.480 e. The highest BCUT2D eigenvalue weighted by Crippen LogP contribution is 2.28. The first-order valence-electron chi connectivity index (χ1n) is 4.79. The van der Waals surface area contributed by atoms with Gasteiger partial charge >= 0.3 is 6.01 Å². The van der Waals surface area contributed by atoms with Crippen LogP contribution in [0.15, 0.2) is 33.3 Å². The summed E-state index contributed by atoms with van der Waals surface area (Å²) < 4.78 is 25.0. The highest BCUT2D eigenvalue weighted by atomic mass is 79.9. The zero-order valence-corrected chi connectivity index (χ0v) is 12.3. The zero-order chi connectivity index (χ0) is 13.1. The third kappa shape index (κ3) is 2.97. The third-order valence-corrected chi connectivity index (χ3v) is 3.02. The Balaban J connectivity index is 2.28. The fraction of sp³-hybridized carbons (Fsp3) is 0.0909. The first-order valence-corrected chi connectivity index (χ1v) is 6.38. The first kappa shape index (κ1) is 13.2. The molecule has 0 bridgehead atoms. The summed E-state index contributed by atoms with van der Waals surface area (Å²) in [6, 6.07) is 4.45. The molecule has 0 radical (unpaired) electrons. The van der Waals surface area contributed by atoms with E-state index in [1.165, 1.54) is 25.4 Å². The molecule has 0 aliphatic heterocycles. The Bertz CT molecular complexity index is 581. The van der Waals surface area contributed by atoms with Crippen LogP contribution in [0.1, 0.15) is 0 Å². The molecule has 2 aromatic rings. The van der Waals surface area contributed by atoms with Gasteiger partial charge in [0.05, 0.1) is 17.8 Å². The van der Waals surface area contributed by atoms with Gasteiger partial charge in [-0.3, -0.25) is 0 Å². The lowest BCUT2D eigenvalue weighted by Gasteiger charge is -2.07. The van der Waals surface area contributed by atoms with Crippen LogP contribution in [-0.2, 0) is 0 Å². The third-order valence-electron chi connectivity index (χ3n) is 1.98. The highest BCUT2D eigenvalue weighted by molar-refractivity contribution is 9.10. The van der Waals surface area contributed by atoms with Gasteiger partial charge in [0.1, 0.15) is 0 Å². The van der Waals surface area contributed by atoms with Crippen molar-refractivity contribution in [1.29, 1.82) is 0 Å². The fourth-order valence-corrected chi connectivity index (χ4v) is 1.87. The van der Waals surface area contributed by atoms with E-state index in [1.807, 2.05) is 0 Å². The standard InChI is InChI=1S/C11H7Br2FN2O2/c1-17-10-7(13)5-15-11(16-10)18-9-3-2-6(12)4-8(9)14/h2-5H,1H3. The average Bonchev–Trinajstić information content (AvgIpc) is 2.35. The second-order valence-electron chi connectivity index (χ2n) is 3.19. The van der Waals surface area contributed by atoms with Crippen molar-refractivity contribution in [3.63, 3.8) is 0 Å². The number of benzene rings is 1. The van der Waals surface area contributed by atoms with E-state index in [0.29, 0.717) is 14.8 Å². The van der Waals surface area contributed by atoms with E-state index in [4.69, 9.17) is 9.47 Å². The van der Waals surface area contributed by atoms with Crippen LogP contribution in [0, 0.1) is 5.82 Å². The molecule has 0 atom stereocenters. The van der Waals surface area contributed by atoms with Gasteiger partial charge in [-0.05, 0) is 34.1 Å². The van der Waals surface area contributed by atoms with E-state index in [1.54, 1.807) is 6.07 Å². The fourth-order valence-electron chi connectivity index (χ4n) is 1.18. The lowest BCUT2D eigenvalue weighted by Crippen LogP contribution is -1.97. The Morgan fingerprint density at radius 1 is 1.28 bits per heavy atom. The molecule has 0 amide bonds. The number of nitrogens with zero attached hydrogens (tertiary/aromatic N) is 2. The van der Waals surface area contributed by atoms with Gasteiger partial charge in [0.15, 0.2) is 11.6 Å². The van der Waals surface area contributed by atoms with Crippen LogP contribution < -0.4 is 9.47 Å². The van der Waals surface area contributed by atoms with Gasteiger partial charge in [-0.15, -0.1) is 0 Å². The smallest absolute Gasteiger partial charge is 0.325 e. The number of rotatable bonds is 3. The van der Waals surface area contributed by atoms with Crippen molar-refractivity contribution in [1.82, 2.24) is 9.97 Å². The summed E-state index contributed by atoms with van der Waals surface area (Å²) in [5.41, 5.74) is 0. The second kappa shape index (κ2) is 5.62. The molecule has 0 aliphatic rings. The maximum absolute atomic E-state index is 13.5. The van der Waals surface area contributed by atoms with Crippen molar-refractivity contribution in [2.75, 3.05) is 7.11 Å². The molecule has 0 saturated heterocycles. The molecule has 0 N–H and O–H groups in total. The van der Waals surface area contributed by atoms with Crippen molar-refractivity contribution in [3.05, 3.63) is 39.2 Å². The Morgan fingerprint density at radius 2 is 2.06 bits per heavy atom. The summed E-state index contributed by atoms with van der Waals surface area (Å²) in [6.45, 7) is 0. The van der Waals surface area contributed by atoms with Crippen LogP contribution in [0.2, 0.25) is 0 Å². The predicted octanol–water partition coefficient (Wildman–Crippen LogP) is 3.94. The van der Waals surface area contributed by atoms with Gasteiger partial charge in [0, 0.05) is 4.47 Å². The Labute approximate surface area is 119 Å². The van der Waals surface area contributed by atoms with E-state index in [-0.39, 0.29) is 11.8 Å². The molecule has 7 heteroatoms. The molecule has 94 valence electrons. The predicted molar refractivity (Wildman–Crippen MR) is 70.5 cm³/mol. The molecule has 1 heterocycles. The second-order valence-corrected chi connectivity index (χ2v) is 4.96. The quantitative estimate of drug-likeness (QED) is 0.812. The summed E-state index contributed by atoms with van der Waals surface area (Å²) in [7, 11) is 1.47. The highest BCUT2D eigenvalue weighted by Gasteiger charge is 2.10. The molecule has 4 nitrogen and oxygen atoms in total.